The van der Waals surface area contributed by atoms with Gasteiger partial charge in [-0.1, -0.05) is 45.0 Å². The van der Waals surface area contributed by atoms with Crippen LogP contribution in [0.3, 0.4) is 0 Å². The van der Waals surface area contributed by atoms with Crippen molar-refractivity contribution in [1.29, 1.82) is 0 Å². The Hall–Kier alpha value is -2.86. The van der Waals surface area contributed by atoms with E-state index in [2.05, 4.69) is 26.1 Å². The Kier molecular flexibility index (Phi) is 7.40. The normalized spacial score (nSPS) is 13.4. The third-order valence-electron chi connectivity index (χ3n) is 4.58. The number of amides is 1. The molecule has 29 heavy (non-hydrogen) atoms. The first kappa shape index (κ1) is 22.4. The number of carbonyl (C=O) groups is 2. The second kappa shape index (κ2) is 9.56. The molecule has 0 radical (unpaired) electrons. The number of methoxy groups -OCH3 is 1. The van der Waals surface area contributed by atoms with Gasteiger partial charge in [-0.15, -0.1) is 0 Å². The number of anilines is 1. The largest absolute Gasteiger partial charge is 0.481 e. The highest BCUT2D eigenvalue weighted by Gasteiger charge is 2.19. The van der Waals surface area contributed by atoms with Crippen molar-refractivity contribution in [2.75, 3.05) is 12.4 Å². The van der Waals surface area contributed by atoms with Crippen molar-refractivity contribution in [2.24, 2.45) is 0 Å². The second-order valence-corrected chi connectivity index (χ2v) is 7.97. The predicted molar refractivity (Wildman–Crippen MR) is 112 cm³/mol. The summed E-state index contributed by atoms with van der Waals surface area (Å²) in [6.45, 7) is 8.06. The highest BCUT2D eigenvalue weighted by molar-refractivity contribution is 5.94. The molecule has 0 aliphatic rings. The van der Waals surface area contributed by atoms with Crippen LogP contribution in [0.2, 0.25) is 0 Å². The molecule has 0 aliphatic heterocycles. The zero-order valence-corrected chi connectivity index (χ0v) is 17.6. The van der Waals surface area contributed by atoms with Crippen molar-refractivity contribution in [2.45, 2.75) is 51.7 Å². The molecule has 0 spiro atoms. The van der Waals surface area contributed by atoms with E-state index in [0.29, 0.717) is 11.4 Å². The maximum absolute atomic E-state index is 12.5. The summed E-state index contributed by atoms with van der Waals surface area (Å²) in [7, 11) is 1.47. The molecule has 0 saturated carbocycles. The third kappa shape index (κ3) is 6.61. The lowest BCUT2D eigenvalue weighted by Crippen LogP contribution is -2.30. The van der Waals surface area contributed by atoms with Crippen LogP contribution >= 0.6 is 0 Å². The number of ether oxygens (including phenoxy) is 2. The standard InChI is InChI=1S/C23H29NO5/c1-15(29-19-8-6-7-17(13-19)23(2,3)4)22(27)24-18-11-9-16(10-12-18)20(28-5)14-21(25)26/h6-13,15,20H,14H2,1-5H3,(H,24,27)(H,25,26). The van der Waals surface area contributed by atoms with E-state index in [-0.39, 0.29) is 17.7 Å². The van der Waals surface area contributed by atoms with Gasteiger partial charge in [-0.2, -0.15) is 0 Å². The summed E-state index contributed by atoms with van der Waals surface area (Å²) in [5.74, 6) is -0.560. The third-order valence-corrected chi connectivity index (χ3v) is 4.58. The maximum atomic E-state index is 12.5. The Morgan fingerprint density at radius 2 is 1.76 bits per heavy atom. The van der Waals surface area contributed by atoms with Crippen LogP contribution < -0.4 is 10.1 Å². The molecule has 6 heteroatoms. The number of carboxylic acid groups (broad SMARTS) is 1. The molecule has 2 unspecified atom stereocenters. The molecule has 0 heterocycles. The van der Waals surface area contributed by atoms with Gasteiger partial charge in [-0.25, -0.2) is 0 Å². The molecule has 2 atom stereocenters. The van der Waals surface area contributed by atoms with Crippen LogP contribution in [-0.2, 0) is 19.7 Å². The van der Waals surface area contributed by atoms with Gasteiger partial charge < -0.3 is 19.9 Å². The number of nitrogens with one attached hydrogen (secondary N) is 1. The Labute approximate surface area is 171 Å². The van der Waals surface area contributed by atoms with Gasteiger partial charge in [0, 0.05) is 12.8 Å². The van der Waals surface area contributed by atoms with Gasteiger partial charge in [0.25, 0.3) is 5.91 Å². The molecular weight excluding hydrogens is 370 g/mol. The van der Waals surface area contributed by atoms with Gasteiger partial charge in [-0.3, -0.25) is 9.59 Å². The van der Waals surface area contributed by atoms with Crippen molar-refractivity contribution in [1.82, 2.24) is 0 Å². The van der Waals surface area contributed by atoms with E-state index in [1.54, 1.807) is 31.2 Å². The lowest BCUT2D eigenvalue weighted by Gasteiger charge is -2.21. The molecule has 0 bridgehead atoms. The molecule has 2 aromatic rings. The summed E-state index contributed by atoms with van der Waals surface area (Å²) in [6.07, 6.45) is -1.33. The topological polar surface area (TPSA) is 84.9 Å². The maximum Gasteiger partial charge on any atom is 0.306 e. The number of carboxylic acids is 1. The number of rotatable bonds is 8. The summed E-state index contributed by atoms with van der Waals surface area (Å²) in [4.78, 5) is 23.4. The van der Waals surface area contributed by atoms with E-state index in [1.165, 1.54) is 7.11 Å². The van der Waals surface area contributed by atoms with E-state index in [0.717, 1.165) is 11.1 Å². The minimum atomic E-state index is -0.935. The summed E-state index contributed by atoms with van der Waals surface area (Å²) in [5, 5.41) is 11.8. The fourth-order valence-electron chi connectivity index (χ4n) is 2.81. The molecule has 0 fully saturated rings. The van der Waals surface area contributed by atoms with Gasteiger partial charge in [0.1, 0.15) is 5.75 Å². The van der Waals surface area contributed by atoms with Crippen LogP contribution in [0.1, 0.15) is 51.3 Å². The summed E-state index contributed by atoms with van der Waals surface area (Å²) in [5.41, 5.74) is 2.46. The number of hydrogen-bond acceptors (Lipinski definition) is 4. The van der Waals surface area contributed by atoms with Crippen molar-refractivity contribution in [3.05, 3.63) is 59.7 Å². The molecule has 2 N–H and O–H groups in total. The summed E-state index contributed by atoms with van der Waals surface area (Å²) >= 11 is 0. The van der Waals surface area contributed by atoms with Gasteiger partial charge in [0.15, 0.2) is 6.10 Å². The molecular formula is C23H29NO5. The highest BCUT2D eigenvalue weighted by atomic mass is 16.5. The number of hydrogen-bond donors (Lipinski definition) is 2. The number of carbonyl (C=O) groups excluding carboxylic acids is 1. The first-order valence-corrected chi connectivity index (χ1v) is 9.52. The SMILES string of the molecule is COC(CC(=O)O)c1ccc(NC(=O)C(C)Oc2cccc(C(C)(C)C)c2)cc1. The van der Waals surface area contributed by atoms with Crippen LogP contribution in [0, 0.1) is 0 Å². The lowest BCUT2D eigenvalue weighted by atomic mass is 9.87. The predicted octanol–water partition coefficient (Wildman–Crippen LogP) is 4.55. The van der Waals surface area contributed by atoms with Crippen LogP contribution in [0.15, 0.2) is 48.5 Å². The fraction of sp³-hybridized carbons (Fsp3) is 0.391. The van der Waals surface area contributed by atoms with E-state index in [9.17, 15) is 9.59 Å². The molecule has 2 aromatic carbocycles. The van der Waals surface area contributed by atoms with Crippen LogP contribution in [0.25, 0.3) is 0 Å². The van der Waals surface area contributed by atoms with Crippen molar-refractivity contribution in [3.63, 3.8) is 0 Å². The second-order valence-electron chi connectivity index (χ2n) is 7.97. The average molecular weight is 399 g/mol. The molecule has 0 aliphatic carbocycles. The van der Waals surface area contributed by atoms with Gasteiger partial charge in [0.05, 0.1) is 12.5 Å². The Balaban J connectivity index is 2.00. The van der Waals surface area contributed by atoms with Crippen LogP contribution in [-0.4, -0.2) is 30.2 Å². The van der Waals surface area contributed by atoms with E-state index in [1.807, 2.05) is 24.3 Å². The van der Waals surface area contributed by atoms with Gasteiger partial charge in [-0.05, 0) is 47.7 Å². The van der Waals surface area contributed by atoms with E-state index < -0.39 is 18.2 Å². The molecule has 6 nitrogen and oxygen atoms in total. The van der Waals surface area contributed by atoms with Crippen LogP contribution in [0.4, 0.5) is 5.69 Å². The minimum Gasteiger partial charge on any atom is -0.481 e. The Morgan fingerprint density at radius 3 is 2.31 bits per heavy atom. The number of benzene rings is 2. The first-order chi connectivity index (χ1) is 13.6. The highest BCUT2D eigenvalue weighted by Crippen LogP contribution is 2.26. The summed E-state index contributed by atoms with van der Waals surface area (Å²) < 4.78 is 11.0. The minimum absolute atomic E-state index is 0.00663. The van der Waals surface area contributed by atoms with Gasteiger partial charge >= 0.3 is 5.97 Å². The summed E-state index contributed by atoms with van der Waals surface area (Å²) in [6, 6.07) is 14.7. The quantitative estimate of drug-likeness (QED) is 0.680. The molecule has 0 aromatic heterocycles. The average Bonchev–Trinajstić information content (AvgIpc) is 2.66. The fourth-order valence-corrected chi connectivity index (χ4v) is 2.81. The first-order valence-electron chi connectivity index (χ1n) is 9.52. The molecule has 156 valence electrons. The van der Waals surface area contributed by atoms with Crippen molar-refractivity contribution in [3.8, 4) is 5.75 Å². The van der Waals surface area contributed by atoms with Crippen molar-refractivity contribution >= 4 is 17.6 Å². The van der Waals surface area contributed by atoms with E-state index >= 15 is 0 Å². The van der Waals surface area contributed by atoms with E-state index in [4.69, 9.17) is 14.6 Å². The zero-order chi connectivity index (χ0) is 21.6. The monoisotopic (exact) mass is 399 g/mol. The Bertz CT molecular complexity index is 839. The molecule has 1 amide bonds. The smallest absolute Gasteiger partial charge is 0.306 e. The van der Waals surface area contributed by atoms with Crippen LogP contribution in [0.5, 0.6) is 5.75 Å². The van der Waals surface area contributed by atoms with Crippen molar-refractivity contribution < 1.29 is 24.2 Å². The molecule has 2 rings (SSSR count). The lowest BCUT2D eigenvalue weighted by molar-refractivity contribution is -0.139. The zero-order valence-electron chi connectivity index (χ0n) is 17.6. The number of aliphatic carboxylic acids is 1. The molecule has 0 saturated heterocycles. The Morgan fingerprint density at radius 1 is 1.10 bits per heavy atom. The van der Waals surface area contributed by atoms with Gasteiger partial charge in [0.2, 0.25) is 0 Å².